The van der Waals surface area contributed by atoms with E-state index in [1.807, 2.05) is 31.2 Å². The highest BCUT2D eigenvalue weighted by Gasteiger charge is 2.31. The number of aryl methyl sites for hydroxylation is 1. The maximum Gasteiger partial charge on any atom is 0.309 e. The zero-order valence-electron chi connectivity index (χ0n) is 11.9. The molecule has 0 heterocycles. The van der Waals surface area contributed by atoms with Crippen LogP contribution in [0.25, 0.3) is 0 Å². The summed E-state index contributed by atoms with van der Waals surface area (Å²) in [5.41, 5.74) is 1.17. The Kier molecular flexibility index (Phi) is 4.70. The first kappa shape index (κ1) is 15.2. The molecule has 0 aliphatic heterocycles. The Morgan fingerprint density at radius 3 is 2.37 bits per heavy atom. The van der Waals surface area contributed by atoms with Gasteiger partial charge in [-0.3, -0.25) is 9.59 Å². The van der Waals surface area contributed by atoms with E-state index in [-0.39, 0.29) is 12.3 Å². The number of carbonyl (C=O) groups excluding carboxylic acids is 1. The molecule has 0 aliphatic rings. The fraction of sp³-hybridized carbons (Fsp3) is 0.467. The first-order chi connectivity index (χ1) is 8.74. The minimum Gasteiger partial charge on any atom is -0.481 e. The van der Waals surface area contributed by atoms with Crippen molar-refractivity contribution in [2.24, 2.45) is 5.41 Å². The molecule has 0 saturated carbocycles. The summed E-state index contributed by atoms with van der Waals surface area (Å²) in [5.74, 6) is -1.11. The first-order valence-corrected chi connectivity index (χ1v) is 6.26. The summed E-state index contributed by atoms with van der Waals surface area (Å²) in [7, 11) is 1.70. The van der Waals surface area contributed by atoms with Gasteiger partial charge in [0.1, 0.15) is 0 Å². The van der Waals surface area contributed by atoms with Crippen LogP contribution in [-0.4, -0.2) is 28.9 Å². The van der Waals surface area contributed by atoms with Gasteiger partial charge in [0.2, 0.25) is 5.91 Å². The van der Waals surface area contributed by atoms with Crippen LogP contribution in [0, 0.1) is 12.3 Å². The van der Waals surface area contributed by atoms with Gasteiger partial charge in [0.25, 0.3) is 0 Å². The summed E-state index contributed by atoms with van der Waals surface area (Å²) in [6, 6.07) is 7.85. The van der Waals surface area contributed by atoms with Crippen LogP contribution in [0.3, 0.4) is 0 Å². The van der Waals surface area contributed by atoms with Gasteiger partial charge in [-0.1, -0.05) is 24.3 Å². The molecule has 1 aromatic carbocycles. The molecule has 0 spiro atoms. The van der Waals surface area contributed by atoms with Crippen LogP contribution < -0.4 is 0 Å². The second kappa shape index (κ2) is 5.87. The lowest BCUT2D eigenvalue weighted by molar-refractivity contribution is -0.151. The van der Waals surface area contributed by atoms with Gasteiger partial charge in [-0.15, -0.1) is 0 Å². The molecule has 19 heavy (non-hydrogen) atoms. The second-order valence-corrected chi connectivity index (χ2v) is 5.54. The summed E-state index contributed by atoms with van der Waals surface area (Å²) in [5, 5.41) is 9.04. The van der Waals surface area contributed by atoms with Gasteiger partial charge in [-0.2, -0.15) is 0 Å². The summed E-state index contributed by atoms with van der Waals surface area (Å²) in [4.78, 5) is 24.6. The molecular formula is C15H21NO3. The van der Waals surface area contributed by atoms with E-state index in [4.69, 9.17) is 5.11 Å². The highest BCUT2D eigenvalue weighted by Crippen LogP contribution is 2.22. The molecule has 1 amide bonds. The average Bonchev–Trinajstić information content (AvgIpc) is 2.31. The molecule has 0 aliphatic carbocycles. The Bertz CT molecular complexity index is 480. The summed E-state index contributed by atoms with van der Waals surface area (Å²) in [6.45, 7) is 5.62. The van der Waals surface area contributed by atoms with Crippen molar-refractivity contribution in [3.63, 3.8) is 0 Å². The van der Waals surface area contributed by atoms with Crippen LogP contribution >= 0.6 is 0 Å². The van der Waals surface area contributed by atoms with Crippen molar-refractivity contribution in [3.8, 4) is 0 Å². The number of aliphatic carboxylic acids is 1. The number of benzene rings is 1. The van der Waals surface area contributed by atoms with E-state index in [0.717, 1.165) is 11.1 Å². The summed E-state index contributed by atoms with van der Waals surface area (Å²) in [6.07, 6.45) is 0.00468. The van der Waals surface area contributed by atoms with Crippen molar-refractivity contribution in [2.45, 2.75) is 33.7 Å². The lowest BCUT2D eigenvalue weighted by Gasteiger charge is -2.24. The standard InChI is InChI=1S/C15H21NO3/c1-11-7-5-6-8-12(11)10-16(4)13(17)9-15(2,3)14(18)19/h5-8H,9-10H2,1-4H3,(H,18,19). The van der Waals surface area contributed by atoms with Gasteiger partial charge in [0.15, 0.2) is 0 Å². The van der Waals surface area contributed by atoms with Gasteiger partial charge < -0.3 is 10.0 Å². The lowest BCUT2D eigenvalue weighted by Crippen LogP contribution is -2.34. The third kappa shape index (κ3) is 4.09. The number of amides is 1. The van der Waals surface area contributed by atoms with Gasteiger partial charge >= 0.3 is 5.97 Å². The Labute approximate surface area is 114 Å². The van der Waals surface area contributed by atoms with E-state index in [1.54, 1.807) is 25.8 Å². The Morgan fingerprint density at radius 1 is 1.26 bits per heavy atom. The third-order valence-corrected chi connectivity index (χ3v) is 3.27. The zero-order chi connectivity index (χ0) is 14.6. The molecule has 0 unspecified atom stereocenters. The third-order valence-electron chi connectivity index (χ3n) is 3.27. The van der Waals surface area contributed by atoms with Crippen LogP contribution in [0.4, 0.5) is 0 Å². The molecule has 0 bridgehead atoms. The van der Waals surface area contributed by atoms with Gasteiger partial charge in [-0.25, -0.2) is 0 Å². The van der Waals surface area contributed by atoms with E-state index in [9.17, 15) is 9.59 Å². The van der Waals surface area contributed by atoms with Crippen LogP contribution in [-0.2, 0) is 16.1 Å². The lowest BCUT2D eigenvalue weighted by atomic mass is 9.89. The predicted octanol–water partition coefficient (Wildman–Crippen LogP) is 2.45. The molecule has 0 saturated heterocycles. The number of rotatable bonds is 5. The molecule has 0 atom stereocenters. The molecule has 4 heteroatoms. The maximum atomic E-state index is 12.0. The fourth-order valence-electron chi connectivity index (χ4n) is 1.72. The first-order valence-electron chi connectivity index (χ1n) is 6.26. The molecule has 0 aromatic heterocycles. The molecule has 4 nitrogen and oxygen atoms in total. The summed E-state index contributed by atoms with van der Waals surface area (Å²) < 4.78 is 0. The zero-order valence-corrected chi connectivity index (χ0v) is 11.9. The maximum absolute atomic E-state index is 12.0. The van der Waals surface area contributed by atoms with Gasteiger partial charge in [-0.05, 0) is 31.9 Å². The average molecular weight is 263 g/mol. The number of carboxylic acids is 1. The molecule has 0 fully saturated rings. The largest absolute Gasteiger partial charge is 0.481 e. The van der Waals surface area contributed by atoms with Crippen molar-refractivity contribution >= 4 is 11.9 Å². The van der Waals surface area contributed by atoms with E-state index in [0.29, 0.717) is 6.54 Å². The SMILES string of the molecule is Cc1ccccc1CN(C)C(=O)CC(C)(C)C(=O)O. The topological polar surface area (TPSA) is 57.6 Å². The second-order valence-electron chi connectivity index (χ2n) is 5.54. The van der Waals surface area contributed by atoms with E-state index < -0.39 is 11.4 Å². The number of hydrogen-bond acceptors (Lipinski definition) is 2. The highest BCUT2D eigenvalue weighted by atomic mass is 16.4. The van der Waals surface area contributed by atoms with Crippen molar-refractivity contribution in [1.82, 2.24) is 4.90 Å². The number of carbonyl (C=O) groups is 2. The van der Waals surface area contributed by atoms with E-state index in [1.165, 1.54) is 0 Å². The number of carboxylic acid groups (broad SMARTS) is 1. The van der Waals surface area contributed by atoms with Crippen LogP contribution in [0.1, 0.15) is 31.4 Å². The van der Waals surface area contributed by atoms with Crippen molar-refractivity contribution in [1.29, 1.82) is 0 Å². The highest BCUT2D eigenvalue weighted by molar-refractivity contribution is 5.84. The van der Waals surface area contributed by atoms with Crippen molar-refractivity contribution in [2.75, 3.05) is 7.05 Å². The molecule has 1 N–H and O–H groups in total. The fourth-order valence-corrected chi connectivity index (χ4v) is 1.72. The Balaban J connectivity index is 2.69. The minimum absolute atomic E-state index is 0.00468. The number of nitrogens with zero attached hydrogens (tertiary/aromatic N) is 1. The van der Waals surface area contributed by atoms with Crippen molar-refractivity contribution < 1.29 is 14.7 Å². The van der Waals surface area contributed by atoms with E-state index >= 15 is 0 Å². The van der Waals surface area contributed by atoms with Crippen molar-refractivity contribution in [3.05, 3.63) is 35.4 Å². The Hall–Kier alpha value is -1.84. The summed E-state index contributed by atoms with van der Waals surface area (Å²) >= 11 is 0. The van der Waals surface area contributed by atoms with Crippen LogP contribution in [0.2, 0.25) is 0 Å². The smallest absolute Gasteiger partial charge is 0.309 e. The molecular weight excluding hydrogens is 242 g/mol. The minimum atomic E-state index is -1.03. The van der Waals surface area contributed by atoms with Gasteiger partial charge in [0, 0.05) is 20.0 Å². The normalized spacial score (nSPS) is 11.2. The molecule has 1 rings (SSSR count). The van der Waals surface area contributed by atoms with E-state index in [2.05, 4.69) is 0 Å². The number of hydrogen-bond donors (Lipinski definition) is 1. The monoisotopic (exact) mass is 263 g/mol. The van der Waals surface area contributed by atoms with Gasteiger partial charge in [0.05, 0.1) is 5.41 Å². The molecule has 104 valence electrons. The quantitative estimate of drug-likeness (QED) is 0.887. The molecule has 0 radical (unpaired) electrons. The predicted molar refractivity (Wildman–Crippen MR) is 73.7 cm³/mol. The molecule has 1 aromatic rings. The van der Waals surface area contributed by atoms with Crippen LogP contribution in [0.15, 0.2) is 24.3 Å². The Morgan fingerprint density at radius 2 is 1.84 bits per heavy atom. The van der Waals surface area contributed by atoms with Crippen LogP contribution in [0.5, 0.6) is 0 Å².